The van der Waals surface area contributed by atoms with Gasteiger partial charge in [-0.2, -0.15) is 0 Å². The molecule has 3 rings (SSSR count). The van der Waals surface area contributed by atoms with Gasteiger partial charge in [0.2, 0.25) is 0 Å². The second kappa shape index (κ2) is 7.99. The van der Waals surface area contributed by atoms with Gasteiger partial charge in [0.25, 0.3) is 11.5 Å². The summed E-state index contributed by atoms with van der Waals surface area (Å²) in [4.78, 5) is 33.6. The number of morpholine rings is 1. The van der Waals surface area contributed by atoms with Crippen molar-refractivity contribution in [2.75, 3.05) is 46.9 Å². The Morgan fingerprint density at radius 3 is 2.65 bits per heavy atom. The van der Waals surface area contributed by atoms with Crippen LogP contribution in [-0.4, -0.2) is 72.2 Å². The van der Waals surface area contributed by atoms with E-state index >= 15 is 0 Å². The Morgan fingerprint density at radius 2 is 2.00 bits per heavy atom. The lowest BCUT2D eigenvalue weighted by Gasteiger charge is -2.26. The molecule has 26 heavy (non-hydrogen) atoms. The fraction of sp³-hybridized carbons (Fsp3) is 0.588. The second-order valence-corrected chi connectivity index (χ2v) is 8.06. The number of aromatic amines is 1. The molecule has 1 fully saturated rings. The molecule has 2 aromatic rings. The first-order valence-corrected chi connectivity index (χ1v) is 9.90. The number of aromatic nitrogens is 2. The van der Waals surface area contributed by atoms with Crippen LogP contribution in [0, 0.1) is 11.7 Å². The van der Waals surface area contributed by atoms with Crippen molar-refractivity contribution < 1.29 is 9.53 Å². The van der Waals surface area contributed by atoms with Gasteiger partial charge in [-0.15, -0.1) is 11.3 Å². The topological polar surface area (TPSA) is 70.6 Å². The average Bonchev–Trinajstić information content (AvgIpc) is 2.94. The zero-order valence-electron chi connectivity index (χ0n) is 15.3. The minimum atomic E-state index is -0.114. The van der Waals surface area contributed by atoms with Crippen molar-refractivity contribution in [3.63, 3.8) is 0 Å². The van der Waals surface area contributed by atoms with Crippen molar-refractivity contribution in [3.05, 3.63) is 25.6 Å². The molecule has 0 unspecified atom stereocenters. The summed E-state index contributed by atoms with van der Waals surface area (Å²) in [5, 5.41) is 0.570. The predicted octanol–water partition coefficient (Wildman–Crippen LogP) is 1.85. The highest BCUT2D eigenvalue weighted by Crippen LogP contribution is 2.27. The molecular formula is C17H24N4O3S2. The van der Waals surface area contributed by atoms with Crippen LogP contribution in [0.2, 0.25) is 0 Å². The number of fused-ring (bicyclic) bond motifs is 1. The third kappa shape index (κ3) is 3.75. The van der Waals surface area contributed by atoms with Crippen LogP contribution in [0.3, 0.4) is 0 Å². The Balaban J connectivity index is 1.87. The van der Waals surface area contributed by atoms with Crippen molar-refractivity contribution in [1.29, 1.82) is 0 Å². The normalized spacial score (nSPS) is 15.5. The molecule has 1 aliphatic rings. The number of ether oxygens (including phenoxy) is 1. The maximum atomic E-state index is 13.0. The molecule has 9 heteroatoms. The molecule has 1 N–H and O–H groups in total. The summed E-state index contributed by atoms with van der Waals surface area (Å²) in [5.74, 6) is -0.0960. The Hall–Kier alpha value is -1.55. The van der Waals surface area contributed by atoms with E-state index in [2.05, 4.69) is 9.88 Å². The van der Waals surface area contributed by atoms with E-state index in [9.17, 15) is 9.59 Å². The van der Waals surface area contributed by atoms with Gasteiger partial charge in [0.15, 0.2) is 4.77 Å². The monoisotopic (exact) mass is 396 g/mol. The van der Waals surface area contributed by atoms with Crippen molar-refractivity contribution in [1.82, 2.24) is 19.4 Å². The molecular weight excluding hydrogens is 372 g/mol. The molecule has 1 saturated heterocycles. The van der Waals surface area contributed by atoms with E-state index in [-0.39, 0.29) is 11.5 Å². The van der Waals surface area contributed by atoms with E-state index in [1.807, 2.05) is 6.92 Å². The molecule has 0 spiro atoms. The number of carbonyl (C=O) groups is 1. The lowest BCUT2D eigenvalue weighted by atomic mass is 10.2. The Kier molecular flexibility index (Phi) is 5.91. The maximum Gasteiger partial charge on any atom is 0.263 e. The molecule has 1 aliphatic heterocycles. The zero-order chi connectivity index (χ0) is 18.8. The molecule has 0 saturated carbocycles. The number of nitrogens with one attached hydrogen (secondary N) is 1. The van der Waals surface area contributed by atoms with Gasteiger partial charge in [-0.1, -0.05) is 0 Å². The van der Waals surface area contributed by atoms with Crippen molar-refractivity contribution in [2.24, 2.45) is 0 Å². The number of hydrogen-bond acceptors (Lipinski definition) is 6. The van der Waals surface area contributed by atoms with Gasteiger partial charge in [-0.3, -0.25) is 19.1 Å². The highest BCUT2D eigenvalue weighted by atomic mass is 32.1. The Labute approximate surface area is 161 Å². The molecule has 0 aromatic carbocycles. The van der Waals surface area contributed by atoms with E-state index in [1.54, 1.807) is 18.7 Å². The molecule has 142 valence electrons. The second-order valence-electron chi connectivity index (χ2n) is 6.65. The Bertz CT molecular complexity index is 922. The van der Waals surface area contributed by atoms with E-state index in [0.29, 0.717) is 26.4 Å². The number of hydrogen-bond donors (Lipinski definition) is 1. The van der Waals surface area contributed by atoms with Crippen LogP contribution in [0.1, 0.15) is 21.7 Å². The third-order valence-electron chi connectivity index (χ3n) is 4.63. The highest BCUT2D eigenvalue weighted by Gasteiger charge is 2.20. The first-order valence-electron chi connectivity index (χ1n) is 8.68. The first kappa shape index (κ1) is 19.2. The van der Waals surface area contributed by atoms with Gasteiger partial charge in [-0.05, 0) is 31.1 Å². The minimum absolute atomic E-state index is 0.0960. The molecule has 0 radical (unpaired) electrons. The largest absolute Gasteiger partial charge is 0.379 e. The maximum absolute atomic E-state index is 13.0. The standard InChI is InChI=1S/C17H24N4O3S2/c1-11-12-14(26-13(11)16(23)19(2)3)18-17(25)21(15(12)22)6-4-5-20-7-9-24-10-8-20/h4-10H2,1-3H3,(H,18,25). The molecule has 7 nitrogen and oxygen atoms in total. The van der Waals surface area contributed by atoms with Crippen molar-refractivity contribution >= 4 is 39.7 Å². The highest BCUT2D eigenvalue weighted by molar-refractivity contribution is 7.71. The van der Waals surface area contributed by atoms with Crippen LogP contribution in [0.5, 0.6) is 0 Å². The van der Waals surface area contributed by atoms with Crippen LogP contribution < -0.4 is 5.56 Å². The van der Waals surface area contributed by atoms with Crippen LogP contribution in [0.4, 0.5) is 0 Å². The van der Waals surface area contributed by atoms with Crippen LogP contribution in [-0.2, 0) is 11.3 Å². The predicted molar refractivity (Wildman–Crippen MR) is 106 cm³/mol. The van der Waals surface area contributed by atoms with E-state index in [4.69, 9.17) is 17.0 Å². The lowest BCUT2D eigenvalue weighted by molar-refractivity contribution is 0.0369. The fourth-order valence-corrected chi connectivity index (χ4v) is 4.70. The minimum Gasteiger partial charge on any atom is -0.379 e. The molecule has 0 aliphatic carbocycles. The number of H-pyrrole nitrogens is 1. The summed E-state index contributed by atoms with van der Waals surface area (Å²) >= 11 is 6.69. The van der Waals surface area contributed by atoms with Gasteiger partial charge in [-0.25, -0.2) is 0 Å². The molecule has 0 bridgehead atoms. The lowest BCUT2D eigenvalue weighted by Crippen LogP contribution is -2.37. The first-order chi connectivity index (χ1) is 12.4. The third-order valence-corrected chi connectivity index (χ3v) is 6.15. The van der Waals surface area contributed by atoms with Crippen LogP contribution in [0.25, 0.3) is 10.2 Å². The number of nitrogens with zero attached hydrogens (tertiary/aromatic N) is 3. The van der Waals surface area contributed by atoms with Gasteiger partial charge in [0.05, 0.1) is 23.5 Å². The van der Waals surface area contributed by atoms with E-state index in [1.165, 1.54) is 16.2 Å². The van der Waals surface area contributed by atoms with Gasteiger partial charge >= 0.3 is 0 Å². The quantitative estimate of drug-likeness (QED) is 0.781. The number of aryl methyl sites for hydroxylation is 1. The molecule has 3 heterocycles. The number of thiophene rings is 1. The van der Waals surface area contributed by atoms with E-state index in [0.717, 1.165) is 44.8 Å². The number of amides is 1. The summed E-state index contributed by atoms with van der Waals surface area (Å²) in [6, 6.07) is 0. The van der Waals surface area contributed by atoms with Crippen LogP contribution >= 0.6 is 23.6 Å². The van der Waals surface area contributed by atoms with Gasteiger partial charge in [0.1, 0.15) is 4.83 Å². The smallest absolute Gasteiger partial charge is 0.263 e. The average molecular weight is 397 g/mol. The summed E-state index contributed by atoms with van der Waals surface area (Å²) < 4.78 is 7.38. The van der Waals surface area contributed by atoms with Crippen molar-refractivity contribution in [2.45, 2.75) is 19.9 Å². The SMILES string of the molecule is Cc1c(C(=O)N(C)C)sc2[nH]c(=S)n(CCCN3CCOCC3)c(=O)c12. The molecule has 2 aromatic heterocycles. The number of carbonyl (C=O) groups excluding carboxylic acids is 1. The summed E-state index contributed by atoms with van der Waals surface area (Å²) in [6.07, 6.45) is 0.843. The van der Waals surface area contributed by atoms with Gasteiger partial charge < -0.3 is 14.6 Å². The number of rotatable bonds is 5. The van der Waals surface area contributed by atoms with Crippen molar-refractivity contribution in [3.8, 4) is 0 Å². The summed E-state index contributed by atoms with van der Waals surface area (Å²) in [7, 11) is 3.41. The molecule has 1 amide bonds. The van der Waals surface area contributed by atoms with Crippen LogP contribution in [0.15, 0.2) is 4.79 Å². The van der Waals surface area contributed by atoms with Gasteiger partial charge in [0, 0.05) is 40.3 Å². The zero-order valence-corrected chi connectivity index (χ0v) is 17.0. The summed E-state index contributed by atoms with van der Waals surface area (Å²) in [5.41, 5.74) is 0.610. The Morgan fingerprint density at radius 1 is 1.31 bits per heavy atom. The fourth-order valence-electron chi connectivity index (χ4n) is 3.14. The molecule has 0 atom stereocenters. The summed E-state index contributed by atoms with van der Waals surface area (Å²) in [6.45, 7) is 6.70. The van der Waals surface area contributed by atoms with E-state index < -0.39 is 0 Å².